The van der Waals surface area contributed by atoms with Crippen LogP contribution in [0.25, 0.3) is 0 Å². The Morgan fingerprint density at radius 3 is 1.42 bits per heavy atom. The molecule has 2 unspecified atom stereocenters. The summed E-state index contributed by atoms with van der Waals surface area (Å²) in [5.41, 5.74) is 7.57. The fourth-order valence-electron chi connectivity index (χ4n) is 3.61. The van der Waals surface area contributed by atoms with Gasteiger partial charge in [0.25, 0.3) is 0 Å². The van der Waals surface area contributed by atoms with Gasteiger partial charge in [0, 0.05) is 0 Å². The Morgan fingerprint density at radius 2 is 1.08 bits per heavy atom. The molecule has 1 fully saturated rings. The highest BCUT2D eigenvalue weighted by Gasteiger charge is 2.52. The van der Waals surface area contributed by atoms with Crippen molar-refractivity contribution in [2.75, 3.05) is 0 Å². The minimum atomic E-state index is 0.0461. The summed E-state index contributed by atoms with van der Waals surface area (Å²) < 4.78 is 0. The summed E-state index contributed by atoms with van der Waals surface area (Å²) in [6.07, 6.45) is 0. The first kappa shape index (κ1) is 17.0. The number of hydrogen-bond acceptors (Lipinski definition) is 1. The topological polar surface area (TPSA) is 17.1 Å². The first-order valence-electron chi connectivity index (χ1n) is 9.05. The number of aryl methyl sites for hydroxylation is 2. The van der Waals surface area contributed by atoms with Crippen molar-refractivity contribution < 1.29 is 4.79 Å². The molecule has 1 saturated carbocycles. The Labute approximate surface area is 146 Å². The third-order valence-corrected chi connectivity index (χ3v) is 5.45. The van der Waals surface area contributed by atoms with Gasteiger partial charge < -0.3 is 0 Å². The largest absolute Gasteiger partial charge is 0.298 e. The van der Waals surface area contributed by atoms with Crippen LogP contribution in [0.5, 0.6) is 0 Å². The van der Waals surface area contributed by atoms with Crippen LogP contribution in [0, 0.1) is 13.8 Å². The molecule has 2 atom stereocenters. The molecule has 2 aromatic rings. The molecule has 0 saturated heterocycles. The van der Waals surface area contributed by atoms with Gasteiger partial charge in [-0.25, -0.2) is 0 Å². The van der Waals surface area contributed by atoms with Gasteiger partial charge >= 0.3 is 0 Å². The molecule has 0 N–H and O–H groups in total. The van der Waals surface area contributed by atoms with Crippen LogP contribution in [0.15, 0.2) is 36.4 Å². The average molecular weight is 320 g/mol. The summed E-state index contributed by atoms with van der Waals surface area (Å²) in [5.74, 6) is 1.45. The van der Waals surface area contributed by atoms with Gasteiger partial charge in [-0.2, -0.15) is 0 Å². The molecule has 1 heteroatoms. The highest BCUT2D eigenvalue weighted by Crippen LogP contribution is 2.52. The predicted molar refractivity (Wildman–Crippen MR) is 101 cm³/mol. The lowest BCUT2D eigenvalue weighted by Gasteiger charge is -2.12. The van der Waals surface area contributed by atoms with E-state index in [-0.39, 0.29) is 11.8 Å². The maximum atomic E-state index is 12.7. The molecule has 1 aliphatic carbocycles. The van der Waals surface area contributed by atoms with Gasteiger partial charge in [-0.1, -0.05) is 64.1 Å². The van der Waals surface area contributed by atoms with Crippen LogP contribution < -0.4 is 0 Å². The van der Waals surface area contributed by atoms with Crippen LogP contribution in [-0.2, 0) is 4.79 Å². The average Bonchev–Trinajstić information content (AvgIpc) is 3.18. The molecule has 0 spiro atoms. The van der Waals surface area contributed by atoms with E-state index in [1.54, 1.807) is 0 Å². The van der Waals surface area contributed by atoms with E-state index in [0.717, 1.165) is 0 Å². The SMILES string of the molecule is Cc1ccc(C(C)C)cc1C1C(=O)C1c1cc(C(C)C)ccc1C. The quantitative estimate of drug-likeness (QED) is 0.675. The summed E-state index contributed by atoms with van der Waals surface area (Å²) in [6, 6.07) is 13.2. The van der Waals surface area contributed by atoms with E-state index in [1.165, 1.54) is 33.4 Å². The molecular formula is C23H28O. The number of rotatable bonds is 4. The number of ketones is 1. The zero-order chi connectivity index (χ0) is 17.6. The Hall–Kier alpha value is -1.89. The van der Waals surface area contributed by atoms with E-state index in [1.807, 2.05) is 0 Å². The molecule has 1 aliphatic rings. The molecule has 0 aliphatic heterocycles. The maximum Gasteiger partial charge on any atom is 0.149 e. The van der Waals surface area contributed by atoms with Crippen molar-refractivity contribution in [1.82, 2.24) is 0 Å². The van der Waals surface area contributed by atoms with Crippen LogP contribution in [-0.4, -0.2) is 5.78 Å². The van der Waals surface area contributed by atoms with E-state index in [4.69, 9.17) is 0 Å². The Bertz CT molecular complexity index is 717. The molecular weight excluding hydrogens is 292 g/mol. The van der Waals surface area contributed by atoms with Crippen LogP contribution >= 0.6 is 0 Å². The lowest BCUT2D eigenvalue weighted by Crippen LogP contribution is -1.96. The molecule has 24 heavy (non-hydrogen) atoms. The Kier molecular flexibility index (Phi) is 4.38. The van der Waals surface area contributed by atoms with Crippen LogP contribution in [0.2, 0.25) is 0 Å². The second kappa shape index (κ2) is 6.20. The lowest BCUT2D eigenvalue weighted by atomic mass is 9.92. The highest BCUT2D eigenvalue weighted by atomic mass is 16.1. The van der Waals surface area contributed by atoms with Crippen molar-refractivity contribution in [3.8, 4) is 0 Å². The van der Waals surface area contributed by atoms with Crippen molar-refractivity contribution in [1.29, 1.82) is 0 Å². The summed E-state index contributed by atoms with van der Waals surface area (Å²) in [5, 5.41) is 0. The van der Waals surface area contributed by atoms with Crippen molar-refractivity contribution in [2.45, 2.75) is 65.2 Å². The first-order chi connectivity index (χ1) is 11.3. The fourth-order valence-corrected chi connectivity index (χ4v) is 3.61. The van der Waals surface area contributed by atoms with Crippen molar-refractivity contribution >= 4 is 5.78 Å². The normalized spacial score (nSPS) is 20.1. The number of hydrogen-bond donors (Lipinski definition) is 0. The first-order valence-corrected chi connectivity index (χ1v) is 9.05. The number of carbonyl (C=O) groups is 1. The Balaban J connectivity index is 1.99. The number of benzene rings is 2. The molecule has 126 valence electrons. The fraction of sp³-hybridized carbons (Fsp3) is 0.435. The van der Waals surface area contributed by atoms with Gasteiger partial charge in [0.2, 0.25) is 0 Å². The minimum absolute atomic E-state index is 0.0461. The second-order valence-corrected chi connectivity index (χ2v) is 7.90. The summed E-state index contributed by atoms with van der Waals surface area (Å²) >= 11 is 0. The predicted octanol–water partition coefficient (Wildman–Crippen LogP) is 6.00. The zero-order valence-electron chi connectivity index (χ0n) is 15.7. The van der Waals surface area contributed by atoms with Crippen molar-refractivity contribution in [3.05, 3.63) is 69.8 Å². The highest BCUT2D eigenvalue weighted by molar-refractivity contribution is 6.09. The van der Waals surface area contributed by atoms with Gasteiger partial charge in [-0.15, -0.1) is 0 Å². The van der Waals surface area contributed by atoms with Gasteiger partial charge in [0.05, 0.1) is 11.8 Å². The van der Waals surface area contributed by atoms with Crippen LogP contribution in [0.3, 0.4) is 0 Å². The third kappa shape index (κ3) is 2.92. The molecule has 0 amide bonds. The van der Waals surface area contributed by atoms with Gasteiger partial charge in [0.1, 0.15) is 5.78 Å². The monoisotopic (exact) mass is 320 g/mol. The second-order valence-electron chi connectivity index (χ2n) is 7.90. The molecule has 0 bridgehead atoms. The number of carbonyl (C=O) groups excluding carboxylic acids is 1. The van der Waals surface area contributed by atoms with E-state index < -0.39 is 0 Å². The molecule has 3 rings (SSSR count). The third-order valence-electron chi connectivity index (χ3n) is 5.45. The maximum absolute atomic E-state index is 12.7. The van der Waals surface area contributed by atoms with E-state index >= 15 is 0 Å². The van der Waals surface area contributed by atoms with Crippen molar-refractivity contribution in [3.63, 3.8) is 0 Å². The zero-order valence-corrected chi connectivity index (χ0v) is 15.7. The van der Waals surface area contributed by atoms with Gasteiger partial charge in [0.15, 0.2) is 0 Å². The molecule has 2 aromatic carbocycles. The molecule has 0 radical (unpaired) electrons. The smallest absolute Gasteiger partial charge is 0.149 e. The van der Waals surface area contributed by atoms with Crippen LogP contribution in [0.4, 0.5) is 0 Å². The van der Waals surface area contributed by atoms with Gasteiger partial charge in [-0.3, -0.25) is 4.79 Å². The van der Waals surface area contributed by atoms with E-state index in [9.17, 15) is 4.79 Å². The van der Waals surface area contributed by atoms with Gasteiger partial charge in [-0.05, 0) is 59.1 Å². The van der Waals surface area contributed by atoms with E-state index in [0.29, 0.717) is 17.6 Å². The standard InChI is InChI=1S/C23H28O/c1-13(2)17-9-7-15(5)19(11-17)21-22(23(21)24)20-12-18(14(3)4)10-8-16(20)6/h7-14,21-22H,1-6H3. The Morgan fingerprint density at radius 1 is 0.708 bits per heavy atom. The van der Waals surface area contributed by atoms with E-state index in [2.05, 4.69) is 77.9 Å². The molecule has 0 aromatic heterocycles. The minimum Gasteiger partial charge on any atom is -0.298 e. The van der Waals surface area contributed by atoms with Crippen molar-refractivity contribution in [2.24, 2.45) is 0 Å². The number of Topliss-reactive ketones (excluding diaryl/α,β-unsaturated/α-hetero) is 1. The summed E-state index contributed by atoms with van der Waals surface area (Å²) in [4.78, 5) is 12.7. The summed E-state index contributed by atoms with van der Waals surface area (Å²) in [7, 11) is 0. The van der Waals surface area contributed by atoms with Crippen LogP contribution in [0.1, 0.15) is 84.7 Å². The summed E-state index contributed by atoms with van der Waals surface area (Å²) in [6.45, 7) is 13.1. The molecule has 0 heterocycles. The lowest BCUT2D eigenvalue weighted by molar-refractivity contribution is -0.110. The molecule has 1 nitrogen and oxygen atoms in total.